The van der Waals surface area contributed by atoms with Gasteiger partial charge in [-0.3, -0.25) is 4.98 Å². The van der Waals surface area contributed by atoms with E-state index in [0.29, 0.717) is 13.0 Å². The molecule has 0 aliphatic heterocycles. The fourth-order valence-electron chi connectivity index (χ4n) is 1.47. The van der Waals surface area contributed by atoms with E-state index < -0.39 is 11.7 Å². The molecular formula is C13H20BrN3O2. The molecule has 0 aliphatic carbocycles. The van der Waals surface area contributed by atoms with Crippen LogP contribution in [0.4, 0.5) is 4.79 Å². The molecule has 106 valence electrons. The van der Waals surface area contributed by atoms with Crippen molar-refractivity contribution in [2.75, 3.05) is 6.54 Å². The van der Waals surface area contributed by atoms with Gasteiger partial charge in [0.15, 0.2) is 0 Å². The van der Waals surface area contributed by atoms with Gasteiger partial charge in [-0.25, -0.2) is 4.79 Å². The van der Waals surface area contributed by atoms with E-state index in [1.54, 1.807) is 6.20 Å². The van der Waals surface area contributed by atoms with E-state index in [4.69, 9.17) is 10.5 Å². The number of hydrogen-bond acceptors (Lipinski definition) is 4. The van der Waals surface area contributed by atoms with Crippen molar-refractivity contribution in [1.82, 2.24) is 10.3 Å². The fraction of sp³-hybridized carbons (Fsp3) is 0.538. The maximum Gasteiger partial charge on any atom is 0.407 e. The molecule has 1 aromatic rings. The van der Waals surface area contributed by atoms with Gasteiger partial charge in [0.25, 0.3) is 0 Å². The van der Waals surface area contributed by atoms with Crippen LogP contribution in [0.3, 0.4) is 0 Å². The largest absolute Gasteiger partial charge is 0.444 e. The van der Waals surface area contributed by atoms with Crippen molar-refractivity contribution in [2.45, 2.75) is 38.8 Å². The van der Waals surface area contributed by atoms with E-state index in [1.165, 1.54) is 0 Å². The lowest BCUT2D eigenvalue weighted by molar-refractivity contribution is 0.0505. The Balaban J connectivity index is 2.60. The molecule has 1 rings (SSSR count). The molecule has 1 unspecified atom stereocenters. The molecule has 0 fully saturated rings. The molecule has 1 atom stereocenters. The van der Waals surface area contributed by atoms with Crippen molar-refractivity contribution in [2.24, 2.45) is 5.73 Å². The summed E-state index contributed by atoms with van der Waals surface area (Å²) in [6, 6.07) is 3.54. The Morgan fingerprint density at radius 3 is 2.79 bits per heavy atom. The van der Waals surface area contributed by atoms with Crippen LogP contribution in [0.15, 0.2) is 22.8 Å². The zero-order chi connectivity index (χ0) is 14.5. The number of nitrogens with zero attached hydrogens (tertiary/aromatic N) is 1. The highest BCUT2D eigenvalue weighted by molar-refractivity contribution is 9.10. The molecule has 1 heterocycles. The number of nitrogens with two attached hydrogens (primary N) is 1. The van der Waals surface area contributed by atoms with E-state index >= 15 is 0 Å². The number of hydrogen-bond donors (Lipinski definition) is 2. The summed E-state index contributed by atoms with van der Waals surface area (Å²) in [7, 11) is 0. The summed E-state index contributed by atoms with van der Waals surface area (Å²) < 4.78 is 6.10. The van der Waals surface area contributed by atoms with Gasteiger partial charge in [-0.05, 0) is 48.8 Å². The van der Waals surface area contributed by atoms with Crippen LogP contribution in [0.1, 0.15) is 26.5 Å². The van der Waals surface area contributed by atoms with Gasteiger partial charge in [0.2, 0.25) is 0 Å². The normalized spacial score (nSPS) is 12.9. The number of carbonyl (C=O) groups is 1. The second kappa shape index (κ2) is 6.86. The van der Waals surface area contributed by atoms with Crippen LogP contribution < -0.4 is 11.1 Å². The second-order valence-corrected chi connectivity index (χ2v) is 6.07. The molecule has 0 aliphatic rings. The van der Waals surface area contributed by atoms with Crippen molar-refractivity contribution in [3.8, 4) is 0 Å². The van der Waals surface area contributed by atoms with Crippen molar-refractivity contribution >= 4 is 22.0 Å². The molecule has 1 aromatic heterocycles. The summed E-state index contributed by atoms with van der Waals surface area (Å²) in [6.07, 6.45) is 1.80. The molecule has 5 nitrogen and oxygen atoms in total. The predicted octanol–water partition coefficient (Wildman–Crippen LogP) is 2.24. The third-order valence-electron chi connectivity index (χ3n) is 2.28. The van der Waals surface area contributed by atoms with E-state index in [9.17, 15) is 4.79 Å². The van der Waals surface area contributed by atoms with Gasteiger partial charge < -0.3 is 15.8 Å². The third-order valence-corrected chi connectivity index (χ3v) is 3.00. The Labute approximate surface area is 122 Å². The molecule has 0 saturated carbocycles. The molecule has 19 heavy (non-hydrogen) atoms. The summed E-state index contributed by atoms with van der Waals surface area (Å²) >= 11 is 3.42. The zero-order valence-corrected chi connectivity index (χ0v) is 13.0. The van der Waals surface area contributed by atoms with E-state index in [-0.39, 0.29) is 6.04 Å². The van der Waals surface area contributed by atoms with Gasteiger partial charge in [0, 0.05) is 29.7 Å². The highest BCUT2D eigenvalue weighted by Crippen LogP contribution is 2.15. The lowest BCUT2D eigenvalue weighted by Gasteiger charge is -2.23. The van der Waals surface area contributed by atoms with Crippen LogP contribution in [-0.2, 0) is 11.2 Å². The SMILES string of the molecule is CC(C)(C)OC(=O)NC(CN)Cc1ncccc1Br. The smallest absolute Gasteiger partial charge is 0.407 e. The molecule has 0 radical (unpaired) electrons. The summed E-state index contributed by atoms with van der Waals surface area (Å²) in [5, 5.41) is 2.75. The van der Waals surface area contributed by atoms with Gasteiger partial charge in [-0.15, -0.1) is 0 Å². The van der Waals surface area contributed by atoms with Crippen molar-refractivity contribution in [1.29, 1.82) is 0 Å². The number of halogens is 1. The van der Waals surface area contributed by atoms with Crippen LogP contribution in [0.25, 0.3) is 0 Å². The van der Waals surface area contributed by atoms with Crippen LogP contribution >= 0.6 is 15.9 Å². The van der Waals surface area contributed by atoms with Gasteiger partial charge in [-0.2, -0.15) is 0 Å². The number of nitrogens with one attached hydrogen (secondary N) is 1. The third kappa shape index (κ3) is 6.02. The maximum absolute atomic E-state index is 11.7. The lowest BCUT2D eigenvalue weighted by atomic mass is 10.1. The minimum atomic E-state index is -0.519. The first-order chi connectivity index (χ1) is 8.81. The standard InChI is InChI=1S/C13H20BrN3O2/c1-13(2,3)19-12(18)17-9(8-15)7-11-10(14)5-4-6-16-11/h4-6,9H,7-8,15H2,1-3H3,(H,17,18). The number of carbonyl (C=O) groups excluding carboxylic acids is 1. The summed E-state index contributed by atoms with van der Waals surface area (Å²) in [6.45, 7) is 5.78. The highest BCUT2D eigenvalue weighted by Gasteiger charge is 2.19. The van der Waals surface area contributed by atoms with Gasteiger partial charge >= 0.3 is 6.09 Å². The van der Waals surface area contributed by atoms with Crippen LogP contribution in [0.5, 0.6) is 0 Å². The maximum atomic E-state index is 11.7. The monoisotopic (exact) mass is 329 g/mol. The predicted molar refractivity (Wildman–Crippen MR) is 77.9 cm³/mol. The average molecular weight is 330 g/mol. The molecule has 1 amide bonds. The van der Waals surface area contributed by atoms with Crippen molar-refractivity contribution in [3.63, 3.8) is 0 Å². The van der Waals surface area contributed by atoms with Crippen molar-refractivity contribution in [3.05, 3.63) is 28.5 Å². The quantitative estimate of drug-likeness (QED) is 0.888. The number of amides is 1. The van der Waals surface area contributed by atoms with E-state index in [1.807, 2.05) is 32.9 Å². The number of pyridine rings is 1. The van der Waals surface area contributed by atoms with Crippen molar-refractivity contribution < 1.29 is 9.53 Å². The van der Waals surface area contributed by atoms with Crippen LogP contribution in [0.2, 0.25) is 0 Å². The van der Waals surface area contributed by atoms with Gasteiger partial charge in [0.1, 0.15) is 5.60 Å². The molecule has 0 spiro atoms. The lowest BCUT2D eigenvalue weighted by Crippen LogP contribution is -2.44. The zero-order valence-electron chi connectivity index (χ0n) is 11.4. The van der Waals surface area contributed by atoms with Crippen LogP contribution in [-0.4, -0.2) is 29.3 Å². The minimum absolute atomic E-state index is 0.207. The van der Waals surface area contributed by atoms with E-state index in [2.05, 4.69) is 26.2 Å². The minimum Gasteiger partial charge on any atom is -0.444 e. The number of rotatable bonds is 4. The molecule has 6 heteroatoms. The first-order valence-electron chi connectivity index (χ1n) is 6.11. The first kappa shape index (κ1) is 15.9. The van der Waals surface area contributed by atoms with Crippen LogP contribution in [0, 0.1) is 0 Å². The molecule has 0 saturated heterocycles. The molecular weight excluding hydrogens is 310 g/mol. The summed E-state index contributed by atoms with van der Waals surface area (Å²) in [5.74, 6) is 0. The van der Waals surface area contributed by atoms with Gasteiger partial charge in [-0.1, -0.05) is 0 Å². The Hall–Kier alpha value is -1.14. The Bertz CT molecular complexity index is 432. The number of ether oxygens (including phenoxy) is 1. The highest BCUT2D eigenvalue weighted by atomic mass is 79.9. The first-order valence-corrected chi connectivity index (χ1v) is 6.90. The molecule has 0 bridgehead atoms. The average Bonchev–Trinajstić information content (AvgIpc) is 2.28. The molecule has 0 aromatic carbocycles. The van der Waals surface area contributed by atoms with E-state index in [0.717, 1.165) is 10.2 Å². The fourth-order valence-corrected chi connectivity index (χ4v) is 1.89. The molecule has 3 N–H and O–H groups in total. The Morgan fingerprint density at radius 1 is 1.58 bits per heavy atom. The van der Waals surface area contributed by atoms with Gasteiger partial charge in [0.05, 0.1) is 5.69 Å². The number of alkyl carbamates (subject to hydrolysis) is 1. The number of aromatic nitrogens is 1. The second-order valence-electron chi connectivity index (χ2n) is 5.21. The summed E-state index contributed by atoms with van der Waals surface area (Å²) in [5.41, 5.74) is 6.01. The topological polar surface area (TPSA) is 77.2 Å². The Kier molecular flexibility index (Phi) is 5.75. The summed E-state index contributed by atoms with van der Waals surface area (Å²) in [4.78, 5) is 15.9. The Morgan fingerprint density at radius 2 is 2.26 bits per heavy atom.